The van der Waals surface area contributed by atoms with Crippen molar-refractivity contribution in [3.63, 3.8) is 0 Å². The minimum atomic E-state index is -1.19. The number of fused-ring (bicyclic) bond motifs is 2. The van der Waals surface area contributed by atoms with Gasteiger partial charge in [-0.2, -0.15) is 0 Å². The van der Waals surface area contributed by atoms with Crippen LogP contribution in [0.2, 0.25) is 0 Å². The molecule has 8 heteroatoms. The fourth-order valence-electron chi connectivity index (χ4n) is 7.89. The Morgan fingerprint density at radius 3 is 1.24 bits per heavy atom. The van der Waals surface area contributed by atoms with E-state index in [4.69, 9.17) is 9.47 Å². The SMILES string of the molecule is COc1ccc(OC)c2c1CN1C(=O)N3Cc4ccccc4CN4C(=O)N(C2)C1(c1ccccc1)C34c1ccccc1. The summed E-state index contributed by atoms with van der Waals surface area (Å²) < 4.78 is 11.7. The second-order valence-electron chi connectivity index (χ2n) is 11.2. The maximum atomic E-state index is 15.1. The molecule has 4 aromatic carbocycles. The molecule has 8 nitrogen and oxygen atoms in total. The van der Waals surface area contributed by atoms with Gasteiger partial charge in [0.1, 0.15) is 11.5 Å². The quantitative estimate of drug-likeness (QED) is 0.327. The van der Waals surface area contributed by atoms with Gasteiger partial charge in [0, 0.05) is 22.3 Å². The maximum Gasteiger partial charge on any atom is 0.325 e. The molecule has 4 aliphatic rings. The Bertz CT molecular complexity index is 1660. The first kappa shape index (κ1) is 24.8. The van der Waals surface area contributed by atoms with Gasteiger partial charge < -0.3 is 9.47 Å². The highest BCUT2D eigenvalue weighted by molar-refractivity contribution is 5.91. The summed E-state index contributed by atoms with van der Waals surface area (Å²) >= 11 is 0. The molecular weight excluding hydrogens is 528 g/mol. The summed E-state index contributed by atoms with van der Waals surface area (Å²) in [5.74, 6) is 1.32. The van der Waals surface area contributed by atoms with Gasteiger partial charge in [0.15, 0.2) is 11.3 Å². The Morgan fingerprint density at radius 1 is 0.500 bits per heavy atom. The van der Waals surface area contributed by atoms with Crippen LogP contribution in [0.4, 0.5) is 9.59 Å². The lowest BCUT2D eigenvalue weighted by atomic mass is 9.79. The number of carbonyl (C=O) groups excluding carboxylic acids is 2. The summed E-state index contributed by atoms with van der Waals surface area (Å²) in [5, 5.41) is 0. The van der Waals surface area contributed by atoms with Crippen LogP contribution >= 0.6 is 0 Å². The smallest absolute Gasteiger partial charge is 0.325 e. The number of nitrogens with zero attached hydrogens (tertiary/aromatic N) is 4. The van der Waals surface area contributed by atoms with E-state index in [9.17, 15) is 0 Å². The predicted molar refractivity (Wildman–Crippen MR) is 155 cm³/mol. The Kier molecular flexibility index (Phi) is 5.17. The van der Waals surface area contributed by atoms with Crippen molar-refractivity contribution in [1.82, 2.24) is 19.6 Å². The Hall–Kier alpha value is -4.98. The van der Waals surface area contributed by atoms with Gasteiger partial charge >= 0.3 is 12.1 Å². The summed E-state index contributed by atoms with van der Waals surface area (Å²) in [6, 6.07) is 31.7. The third-order valence-corrected chi connectivity index (χ3v) is 9.52. The number of amides is 4. The van der Waals surface area contributed by atoms with E-state index in [0.717, 1.165) is 33.4 Å². The number of hydrogen-bond acceptors (Lipinski definition) is 4. The fraction of sp³-hybridized carbons (Fsp3) is 0.235. The van der Waals surface area contributed by atoms with Crippen LogP contribution in [0.3, 0.4) is 0 Å². The Balaban J connectivity index is 1.52. The number of hydrogen-bond donors (Lipinski definition) is 0. The number of carbonyl (C=O) groups is 2. The van der Waals surface area contributed by atoms with Crippen LogP contribution in [-0.4, -0.2) is 45.9 Å². The van der Waals surface area contributed by atoms with Crippen molar-refractivity contribution in [2.45, 2.75) is 37.5 Å². The zero-order chi connectivity index (χ0) is 28.6. The van der Waals surface area contributed by atoms with E-state index in [2.05, 4.69) is 12.1 Å². The summed E-state index contributed by atoms with van der Waals surface area (Å²) in [6.07, 6.45) is 0. The van der Waals surface area contributed by atoms with Crippen molar-refractivity contribution >= 4 is 12.1 Å². The van der Waals surface area contributed by atoms with Gasteiger partial charge in [-0.3, -0.25) is 19.6 Å². The molecular formula is C34H30N4O4. The molecule has 0 saturated carbocycles. The van der Waals surface area contributed by atoms with E-state index < -0.39 is 11.3 Å². The van der Waals surface area contributed by atoms with Crippen LogP contribution in [0.15, 0.2) is 97.1 Å². The number of urea groups is 2. The van der Waals surface area contributed by atoms with Gasteiger partial charge in [0.2, 0.25) is 0 Å². The molecule has 42 heavy (non-hydrogen) atoms. The number of rotatable bonds is 4. The van der Waals surface area contributed by atoms with Crippen LogP contribution in [0, 0.1) is 0 Å². The zero-order valence-corrected chi connectivity index (χ0v) is 23.5. The standard InChI is InChI=1S/C34H30N4O4/c1-41-29-17-18-30(42-2)28-22-38-32(40)36-20-24-12-10-9-11-23(24)19-35-31(39)37(21-27(28)29)34(38,26-15-7-4-8-16-26)33(35,36)25-13-5-3-6-14-25/h3-18H,19-22H2,1-2H3. The normalized spacial score (nSPS) is 23.7. The molecule has 8 rings (SSSR count). The van der Waals surface area contributed by atoms with E-state index in [1.165, 1.54) is 0 Å². The summed E-state index contributed by atoms with van der Waals surface area (Å²) in [5.41, 5.74) is 3.17. The first-order valence-corrected chi connectivity index (χ1v) is 14.2. The van der Waals surface area contributed by atoms with Crippen LogP contribution in [0.1, 0.15) is 33.4 Å². The fourth-order valence-corrected chi connectivity index (χ4v) is 7.89. The van der Waals surface area contributed by atoms with E-state index in [1.807, 2.05) is 105 Å². The van der Waals surface area contributed by atoms with Crippen molar-refractivity contribution in [1.29, 1.82) is 0 Å². The van der Waals surface area contributed by atoms with Gasteiger partial charge in [-0.1, -0.05) is 84.9 Å². The van der Waals surface area contributed by atoms with Crippen LogP contribution in [-0.2, 0) is 37.5 Å². The largest absolute Gasteiger partial charge is 0.496 e. The summed E-state index contributed by atoms with van der Waals surface area (Å²) in [4.78, 5) is 37.8. The highest BCUT2D eigenvalue weighted by atomic mass is 16.5. The molecule has 2 fully saturated rings. The number of methoxy groups -OCH3 is 2. The lowest BCUT2D eigenvalue weighted by Crippen LogP contribution is -2.62. The Labute approximate surface area is 244 Å². The number of ether oxygens (including phenoxy) is 2. The lowest BCUT2D eigenvalue weighted by molar-refractivity contribution is -0.0794. The minimum Gasteiger partial charge on any atom is -0.496 e. The molecule has 0 spiro atoms. The highest BCUT2D eigenvalue weighted by Gasteiger charge is 2.80. The number of benzene rings is 4. The predicted octanol–water partition coefficient (Wildman–Crippen LogP) is 5.61. The average Bonchev–Trinajstić information content (AvgIpc) is 3.21. The molecule has 0 unspecified atom stereocenters. The van der Waals surface area contributed by atoms with Gasteiger partial charge in [-0.25, -0.2) is 9.59 Å². The third-order valence-electron chi connectivity index (χ3n) is 9.52. The molecule has 4 amide bonds. The van der Waals surface area contributed by atoms with Crippen molar-refractivity contribution in [3.05, 3.63) is 130 Å². The van der Waals surface area contributed by atoms with Gasteiger partial charge in [-0.05, 0) is 23.3 Å². The van der Waals surface area contributed by atoms with Crippen molar-refractivity contribution in [3.8, 4) is 11.5 Å². The maximum absolute atomic E-state index is 15.1. The molecule has 0 atom stereocenters. The van der Waals surface area contributed by atoms with Gasteiger partial charge in [0.25, 0.3) is 0 Å². The van der Waals surface area contributed by atoms with Crippen LogP contribution in [0.25, 0.3) is 0 Å². The molecule has 0 aromatic heterocycles. The third kappa shape index (κ3) is 2.81. The molecule has 0 bridgehead atoms. The second kappa shape index (κ2) is 8.76. The van der Waals surface area contributed by atoms with Gasteiger partial charge in [-0.15, -0.1) is 0 Å². The summed E-state index contributed by atoms with van der Waals surface area (Å²) in [7, 11) is 3.27. The van der Waals surface area contributed by atoms with E-state index in [-0.39, 0.29) is 25.2 Å². The van der Waals surface area contributed by atoms with Gasteiger partial charge in [0.05, 0.1) is 40.4 Å². The van der Waals surface area contributed by atoms with Crippen LogP contribution < -0.4 is 9.47 Å². The van der Waals surface area contributed by atoms with E-state index >= 15 is 9.59 Å². The lowest BCUT2D eigenvalue weighted by Gasteiger charge is -2.49. The van der Waals surface area contributed by atoms with Crippen molar-refractivity contribution in [2.75, 3.05) is 14.2 Å². The molecule has 4 aromatic rings. The first-order valence-electron chi connectivity index (χ1n) is 14.2. The average molecular weight is 559 g/mol. The Morgan fingerprint density at radius 2 is 0.857 bits per heavy atom. The van der Waals surface area contributed by atoms with Crippen molar-refractivity contribution in [2.24, 2.45) is 0 Å². The summed E-state index contributed by atoms with van der Waals surface area (Å²) in [6.45, 7) is 1.23. The van der Waals surface area contributed by atoms with E-state index in [0.29, 0.717) is 24.6 Å². The molecule has 0 aliphatic carbocycles. The minimum absolute atomic E-state index is 0.139. The topological polar surface area (TPSA) is 65.6 Å². The van der Waals surface area contributed by atoms with E-state index in [1.54, 1.807) is 14.2 Å². The van der Waals surface area contributed by atoms with Crippen LogP contribution in [0.5, 0.6) is 11.5 Å². The molecule has 4 heterocycles. The molecule has 0 radical (unpaired) electrons. The molecule has 2 saturated heterocycles. The molecule has 0 N–H and O–H groups in total. The zero-order valence-electron chi connectivity index (χ0n) is 23.5. The van der Waals surface area contributed by atoms with Crippen molar-refractivity contribution < 1.29 is 19.1 Å². The monoisotopic (exact) mass is 558 g/mol. The molecule has 4 aliphatic heterocycles. The highest BCUT2D eigenvalue weighted by Crippen LogP contribution is 2.65. The first-order chi connectivity index (χ1) is 20.6. The second-order valence-corrected chi connectivity index (χ2v) is 11.2. The molecule has 210 valence electrons.